The number of nitrogens with zero attached hydrogens (tertiary/aromatic N) is 2. The summed E-state index contributed by atoms with van der Waals surface area (Å²) in [5.74, 6) is 1.90. The lowest BCUT2D eigenvalue weighted by Crippen LogP contribution is -2.36. The molecule has 0 spiro atoms. The third-order valence-electron chi connectivity index (χ3n) is 3.46. The maximum absolute atomic E-state index is 5.25. The lowest BCUT2D eigenvalue weighted by Gasteiger charge is -2.24. The summed E-state index contributed by atoms with van der Waals surface area (Å²) in [6, 6.07) is 6.03. The first-order valence-electron chi connectivity index (χ1n) is 6.27. The molecule has 1 aromatic heterocycles. The molecular formula is C14H21N3O. The highest BCUT2D eigenvalue weighted by Crippen LogP contribution is 2.27. The Hall–Kier alpha value is -1.55. The van der Waals surface area contributed by atoms with Gasteiger partial charge in [0.05, 0.1) is 23.7 Å². The van der Waals surface area contributed by atoms with Gasteiger partial charge < -0.3 is 14.6 Å². The third kappa shape index (κ3) is 1.97. The van der Waals surface area contributed by atoms with Gasteiger partial charge in [-0.2, -0.15) is 0 Å². The lowest BCUT2D eigenvalue weighted by molar-refractivity contribution is 0.400. The summed E-state index contributed by atoms with van der Waals surface area (Å²) in [7, 11) is 3.64. The van der Waals surface area contributed by atoms with Crippen molar-refractivity contribution in [2.24, 2.45) is 0 Å². The molecule has 0 saturated heterocycles. The molecule has 0 bridgehead atoms. The fourth-order valence-corrected chi connectivity index (χ4v) is 2.15. The van der Waals surface area contributed by atoms with Crippen LogP contribution < -0.4 is 10.1 Å². The predicted octanol–water partition coefficient (Wildman–Crippen LogP) is 2.52. The van der Waals surface area contributed by atoms with Crippen LogP contribution >= 0.6 is 0 Å². The number of benzene rings is 1. The SMILES string of the molecule is CCn1c(C(C)(C)NC)nc2cc(OC)ccc21. The predicted molar refractivity (Wildman–Crippen MR) is 74.0 cm³/mol. The van der Waals surface area contributed by atoms with Gasteiger partial charge in [-0.05, 0) is 40.0 Å². The Kier molecular flexibility index (Phi) is 3.30. The molecule has 98 valence electrons. The summed E-state index contributed by atoms with van der Waals surface area (Å²) >= 11 is 0. The molecule has 18 heavy (non-hydrogen) atoms. The van der Waals surface area contributed by atoms with Crippen LogP contribution in [0.3, 0.4) is 0 Å². The number of hydrogen-bond donors (Lipinski definition) is 1. The molecule has 0 fully saturated rings. The Morgan fingerprint density at radius 1 is 1.39 bits per heavy atom. The Labute approximate surface area is 108 Å². The lowest BCUT2D eigenvalue weighted by atomic mass is 10.1. The van der Waals surface area contributed by atoms with Gasteiger partial charge in [-0.1, -0.05) is 0 Å². The average Bonchev–Trinajstić information content (AvgIpc) is 2.76. The van der Waals surface area contributed by atoms with E-state index in [-0.39, 0.29) is 5.54 Å². The highest BCUT2D eigenvalue weighted by molar-refractivity contribution is 5.78. The number of imidazole rings is 1. The first kappa shape index (κ1) is 12.9. The van der Waals surface area contributed by atoms with Crippen molar-refractivity contribution in [3.8, 4) is 5.75 Å². The Balaban J connectivity index is 2.67. The molecule has 4 heteroatoms. The number of aryl methyl sites for hydroxylation is 1. The minimum Gasteiger partial charge on any atom is -0.497 e. The molecule has 0 saturated carbocycles. The first-order chi connectivity index (χ1) is 8.53. The molecular weight excluding hydrogens is 226 g/mol. The molecule has 1 N–H and O–H groups in total. The van der Waals surface area contributed by atoms with Gasteiger partial charge in [0.2, 0.25) is 0 Å². The fourth-order valence-electron chi connectivity index (χ4n) is 2.15. The number of ether oxygens (including phenoxy) is 1. The topological polar surface area (TPSA) is 39.1 Å². The number of aromatic nitrogens is 2. The van der Waals surface area contributed by atoms with Gasteiger partial charge in [0.25, 0.3) is 0 Å². The van der Waals surface area contributed by atoms with Crippen LogP contribution in [0.25, 0.3) is 11.0 Å². The molecule has 2 rings (SSSR count). The molecule has 4 nitrogen and oxygen atoms in total. The first-order valence-corrected chi connectivity index (χ1v) is 6.27. The summed E-state index contributed by atoms with van der Waals surface area (Å²) in [5.41, 5.74) is 1.98. The van der Waals surface area contributed by atoms with Gasteiger partial charge in [-0.25, -0.2) is 4.98 Å². The second-order valence-corrected chi connectivity index (χ2v) is 4.91. The van der Waals surface area contributed by atoms with Crippen molar-refractivity contribution < 1.29 is 4.74 Å². The number of methoxy groups -OCH3 is 1. The number of hydrogen-bond acceptors (Lipinski definition) is 3. The van der Waals surface area contributed by atoms with Crippen LogP contribution in [0.4, 0.5) is 0 Å². The maximum atomic E-state index is 5.25. The van der Waals surface area contributed by atoms with Gasteiger partial charge >= 0.3 is 0 Å². The second-order valence-electron chi connectivity index (χ2n) is 4.91. The van der Waals surface area contributed by atoms with Crippen molar-refractivity contribution in [3.63, 3.8) is 0 Å². The molecule has 1 heterocycles. The van der Waals surface area contributed by atoms with Crippen molar-refractivity contribution >= 4 is 11.0 Å². The molecule has 2 aromatic rings. The van der Waals surface area contributed by atoms with E-state index in [4.69, 9.17) is 9.72 Å². The summed E-state index contributed by atoms with van der Waals surface area (Å²) in [4.78, 5) is 4.76. The van der Waals surface area contributed by atoms with E-state index < -0.39 is 0 Å². The van der Waals surface area contributed by atoms with Crippen molar-refractivity contribution in [2.45, 2.75) is 32.9 Å². The highest BCUT2D eigenvalue weighted by atomic mass is 16.5. The van der Waals surface area contributed by atoms with Crippen molar-refractivity contribution in [3.05, 3.63) is 24.0 Å². The number of fused-ring (bicyclic) bond motifs is 1. The standard InChI is InChI=1S/C14H21N3O/c1-6-17-12-8-7-10(18-5)9-11(12)16-13(17)14(2,3)15-4/h7-9,15H,6H2,1-5H3. The summed E-state index contributed by atoms with van der Waals surface area (Å²) < 4.78 is 7.49. The molecule has 1 aromatic carbocycles. The second kappa shape index (κ2) is 4.61. The van der Waals surface area contributed by atoms with E-state index in [1.54, 1.807) is 7.11 Å². The molecule has 0 aliphatic rings. The van der Waals surface area contributed by atoms with Crippen LogP contribution in [0.2, 0.25) is 0 Å². The third-order valence-corrected chi connectivity index (χ3v) is 3.46. The van der Waals surface area contributed by atoms with E-state index in [1.807, 2.05) is 19.2 Å². The van der Waals surface area contributed by atoms with Crippen LogP contribution in [-0.4, -0.2) is 23.7 Å². The molecule has 0 unspecified atom stereocenters. The van der Waals surface area contributed by atoms with E-state index in [0.29, 0.717) is 0 Å². The Morgan fingerprint density at radius 2 is 2.11 bits per heavy atom. The number of nitrogens with one attached hydrogen (secondary N) is 1. The van der Waals surface area contributed by atoms with Gasteiger partial charge in [-0.3, -0.25) is 0 Å². The zero-order valence-electron chi connectivity index (χ0n) is 11.7. The van der Waals surface area contributed by atoms with E-state index in [9.17, 15) is 0 Å². The maximum Gasteiger partial charge on any atom is 0.129 e. The molecule has 0 aliphatic heterocycles. The van der Waals surface area contributed by atoms with Gasteiger partial charge in [0, 0.05) is 12.6 Å². The van der Waals surface area contributed by atoms with Crippen molar-refractivity contribution in [2.75, 3.05) is 14.2 Å². The summed E-state index contributed by atoms with van der Waals surface area (Å²) in [6.07, 6.45) is 0. The van der Waals surface area contributed by atoms with E-state index in [2.05, 4.69) is 36.7 Å². The van der Waals surface area contributed by atoms with E-state index >= 15 is 0 Å². The van der Waals surface area contributed by atoms with E-state index in [1.165, 1.54) is 0 Å². The van der Waals surface area contributed by atoms with Gasteiger partial charge in [0.15, 0.2) is 0 Å². The summed E-state index contributed by atoms with van der Waals surface area (Å²) in [5, 5.41) is 3.31. The highest BCUT2D eigenvalue weighted by Gasteiger charge is 2.25. The fraction of sp³-hybridized carbons (Fsp3) is 0.500. The van der Waals surface area contributed by atoms with Crippen molar-refractivity contribution in [1.82, 2.24) is 14.9 Å². The quantitative estimate of drug-likeness (QED) is 0.902. The molecule has 0 radical (unpaired) electrons. The number of rotatable bonds is 4. The van der Waals surface area contributed by atoms with Crippen LogP contribution in [0.5, 0.6) is 5.75 Å². The van der Waals surface area contributed by atoms with Crippen LogP contribution in [-0.2, 0) is 12.1 Å². The molecule has 0 aliphatic carbocycles. The van der Waals surface area contributed by atoms with Crippen LogP contribution in [0, 0.1) is 0 Å². The smallest absolute Gasteiger partial charge is 0.129 e. The Bertz CT molecular complexity index is 557. The molecule has 0 amide bonds. The zero-order valence-corrected chi connectivity index (χ0v) is 11.7. The zero-order chi connectivity index (χ0) is 13.3. The monoisotopic (exact) mass is 247 g/mol. The minimum absolute atomic E-state index is 0.151. The van der Waals surface area contributed by atoms with Gasteiger partial charge in [-0.15, -0.1) is 0 Å². The van der Waals surface area contributed by atoms with E-state index in [0.717, 1.165) is 29.2 Å². The summed E-state index contributed by atoms with van der Waals surface area (Å²) in [6.45, 7) is 7.32. The minimum atomic E-state index is -0.151. The van der Waals surface area contributed by atoms with Gasteiger partial charge in [0.1, 0.15) is 11.6 Å². The average molecular weight is 247 g/mol. The Morgan fingerprint density at radius 3 is 2.67 bits per heavy atom. The normalized spacial score (nSPS) is 12.1. The molecule has 0 atom stereocenters. The van der Waals surface area contributed by atoms with Crippen LogP contribution in [0.15, 0.2) is 18.2 Å². The largest absolute Gasteiger partial charge is 0.497 e. The van der Waals surface area contributed by atoms with Crippen molar-refractivity contribution in [1.29, 1.82) is 0 Å². The van der Waals surface area contributed by atoms with Crippen LogP contribution in [0.1, 0.15) is 26.6 Å².